The second-order valence-corrected chi connectivity index (χ2v) is 4.49. The van der Waals surface area contributed by atoms with Crippen LogP contribution in [0.2, 0.25) is 0 Å². The third kappa shape index (κ3) is 1.83. The number of benzene rings is 1. The molecule has 3 nitrogen and oxygen atoms in total. The molecule has 94 valence electrons. The lowest BCUT2D eigenvalue weighted by molar-refractivity contribution is 0.0991. The maximum atomic E-state index is 12.5. The quantitative estimate of drug-likeness (QED) is 0.782. The second kappa shape index (κ2) is 4.69. The van der Waals surface area contributed by atoms with E-state index in [4.69, 9.17) is 0 Å². The lowest BCUT2D eigenvalue weighted by Crippen LogP contribution is -2.27. The number of amides is 1. The third-order valence-electron chi connectivity index (χ3n) is 3.34. The number of rotatable bonds is 3. The summed E-state index contributed by atoms with van der Waals surface area (Å²) in [5.41, 5.74) is 2.44. The largest absolute Gasteiger partial charge is 0.299 e. The van der Waals surface area contributed by atoms with Gasteiger partial charge >= 0.3 is 0 Å². The molecule has 1 unspecified atom stereocenters. The van der Waals surface area contributed by atoms with Crippen LogP contribution in [0.25, 0.3) is 0 Å². The molecule has 19 heavy (non-hydrogen) atoms. The fourth-order valence-corrected chi connectivity index (χ4v) is 2.52. The van der Waals surface area contributed by atoms with Crippen molar-refractivity contribution >= 4 is 11.6 Å². The predicted molar refractivity (Wildman–Crippen MR) is 75.0 cm³/mol. The third-order valence-corrected chi connectivity index (χ3v) is 3.34. The van der Waals surface area contributed by atoms with E-state index in [-0.39, 0.29) is 11.9 Å². The summed E-state index contributed by atoms with van der Waals surface area (Å²) in [4.78, 5) is 18.7. The Morgan fingerprint density at radius 1 is 1.21 bits per heavy atom. The average molecular weight is 250 g/mol. The first-order chi connectivity index (χ1) is 9.33. The summed E-state index contributed by atoms with van der Waals surface area (Å²) in [6.07, 6.45) is 4.26. The highest BCUT2D eigenvalue weighted by Crippen LogP contribution is 2.37. The summed E-state index contributed by atoms with van der Waals surface area (Å²) in [6.45, 7) is 3.78. The molecule has 3 heteroatoms. The topological polar surface area (TPSA) is 33.2 Å². The molecule has 0 fully saturated rings. The van der Waals surface area contributed by atoms with Crippen LogP contribution in [0.4, 0.5) is 5.69 Å². The van der Waals surface area contributed by atoms with E-state index in [9.17, 15) is 4.79 Å². The highest BCUT2D eigenvalue weighted by Gasteiger charge is 2.37. The van der Waals surface area contributed by atoms with Crippen LogP contribution in [0.15, 0.2) is 61.3 Å². The molecule has 0 N–H and O–H groups in total. The number of para-hydroxylation sites is 1. The van der Waals surface area contributed by atoms with Crippen LogP contribution < -0.4 is 4.90 Å². The molecule has 0 aliphatic carbocycles. The van der Waals surface area contributed by atoms with Crippen molar-refractivity contribution in [3.05, 3.63) is 72.6 Å². The van der Waals surface area contributed by atoms with Crippen molar-refractivity contribution in [2.45, 2.75) is 12.5 Å². The number of carbonyl (C=O) groups excluding carboxylic acids is 1. The van der Waals surface area contributed by atoms with E-state index >= 15 is 0 Å². The Hall–Kier alpha value is -2.42. The molecule has 1 aliphatic rings. The van der Waals surface area contributed by atoms with Gasteiger partial charge in [0.1, 0.15) is 0 Å². The minimum atomic E-state index is -0.0522. The molecular weight excluding hydrogens is 236 g/mol. The second-order valence-electron chi connectivity index (χ2n) is 4.49. The van der Waals surface area contributed by atoms with Crippen LogP contribution >= 0.6 is 0 Å². The Morgan fingerprint density at radius 2 is 2.00 bits per heavy atom. The van der Waals surface area contributed by atoms with Crippen molar-refractivity contribution in [1.29, 1.82) is 0 Å². The smallest absolute Gasteiger partial charge is 0.260 e. The minimum absolute atomic E-state index is 0.0150. The zero-order valence-corrected chi connectivity index (χ0v) is 10.5. The summed E-state index contributed by atoms with van der Waals surface area (Å²) in [5, 5.41) is 0. The number of hydrogen-bond donors (Lipinski definition) is 0. The van der Waals surface area contributed by atoms with Gasteiger partial charge in [-0.2, -0.15) is 0 Å². The molecular formula is C16H14N2O. The van der Waals surface area contributed by atoms with Crippen LogP contribution in [-0.2, 0) is 0 Å². The summed E-state index contributed by atoms with van der Waals surface area (Å²) in [5.74, 6) is 0.0150. The van der Waals surface area contributed by atoms with Crippen molar-refractivity contribution in [3.8, 4) is 0 Å². The number of hydrogen-bond acceptors (Lipinski definition) is 2. The predicted octanol–water partition coefficient (Wildman–Crippen LogP) is 3.36. The highest BCUT2D eigenvalue weighted by atomic mass is 16.2. The zero-order valence-electron chi connectivity index (χ0n) is 10.5. The normalized spacial score (nSPS) is 17.4. The van der Waals surface area contributed by atoms with Gasteiger partial charge in [-0.1, -0.05) is 24.3 Å². The molecule has 1 amide bonds. The van der Waals surface area contributed by atoms with Gasteiger partial charge in [0, 0.05) is 11.9 Å². The van der Waals surface area contributed by atoms with Crippen LogP contribution in [-0.4, -0.2) is 10.9 Å². The highest BCUT2D eigenvalue weighted by molar-refractivity contribution is 6.10. The van der Waals surface area contributed by atoms with Crippen LogP contribution in [0.3, 0.4) is 0 Å². The molecule has 1 aliphatic heterocycles. The molecule has 0 spiro atoms. The van der Waals surface area contributed by atoms with Crippen LogP contribution in [0.5, 0.6) is 0 Å². The van der Waals surface area contributed by atoms with Crippen molar-refractivity contribution in [3.63, 3.8) is 0 Å². The molecule has 2 aromatic rings. The number of anilines is 1. The monoisotopic (exact) mass is 250 g/mol. The van der Waals surface area contributed by atoms with Gasteiger partial charge in [-0.3, -0.25) is 14.7 Å². The molecule has 3 rings (SSSR count). The van der Waals surface area contributed by atoms with Crippen molar-refractivity contribution in [1.82, 2.24) is 4.98 Å². The molecule has 0 saturated heterocycles. The van der Waals surface area contributed by atoms with Gasteiger partial charge in [-0.05, 0) is 30.7 Å². The van der Waals surface area contributed by atoms with Gasteiger partial charge in [0.15, 0.2) is 0 Å². The number of nitrogens with zero attached hydrogens (tertiary/aromatic N) is 2. The number of aromatic nitrogens is 1. The van der Waals surface area contributed by atoms with Gasteiger partial charge in [0.05, 0.1) is 17.3 Å². The van der Waals surface area contributed by atoms with E-state index < -0.39 is 0 Å². The van der Waals surface area contributed by atoms with E-state index in [0.29, 0.717) is 12.0 Å². The number of fused-ring (bicyclic) bond motifs is 1. The minimum Gasteiger partial charge on any atom is -0.299 e. The molecule has 1 atom stereocenters. The first-order valence-corrected chi connectivity index (χ1v) is 6.27. The fourth-order valence-electron chi connectivity index (χ4n) is 2.52. The SMILES string of the molecule is C=CCC1c2ncccc2C(=O)N1c1ccccc1. The first kappa shape index (κ1) is 11.7. The maximum Gasteiger partial charge on any atom is 0.260 e. The van der Waals surface area contributed by atoms with Gasteiger partial charge in [0.25, 0.3) is 5.91 Å². The zero-order chi connectivity index (χ0) is 13.2. The Bertz CT molecular complexity index is 622. The molecule has 2 heterocycles. The first-order valence-electron chi connectivity index (χ1n) is 6.27. The van der Waals surface area contributed by atoms with Gasteiger partial charge in [-0.25, -0.2) is 0 Å². The Labute approximate surface area is 112 Å². The lowest BCUT2D eigenvalue weighted by atomic mass is 10.1. The van der Waals surface area contributed by atoms with Gasteiger partial charge < -0.3 is 0 Å². The van der Waals surface area contributed by atoms with Crippen molar-refractivity contribution in [2.24, 2.45) is 0 Å². The van der Waals surface area contributed by atoms with E-state index in [1.54, 1.807) is 17.2 Å². The Morgan fingerprint density at radius 3 is 2.74 bits per heavy atom. The summed E-state index contributed by atoms with van der Waals surface area (Å²) >= 11 is 0. The van der Waals surface area contributed by atoms with E-state index in [1.807, 2.05) is 42.5 Å². The Balaban J connectivity index is 2.11. The molecule has 0 radical (unpaired) electrons. The summed E-state index contributed by atoms with van der Waals surface area (Å²) in [6, 6.07) is 13.3. The van der Waals surface area contributed by atoms with Gasteiger partial charge in [-0.15, -0.1) is 6.58 Å². The van der Waals surface area contributed by atoms with Crippen LogP contribution in [0.1, 0.15) is 28.5 Å². The molecule has 0 saturated carbocycles. The number of carbonyl (C=O) groups is 1. The van der Waals surface area contributed by atoms with Crippen LogP contribution in [0, 0.1) is 0 Å². The molecule has 1 aromatic heterocycles. The standard InChI is InChI=1S/C16H14N2O/c1-2-7-14-15-13(10-6-11-17-15)16(19)18(14)12-8-4-3-5-9-12/h2-6,8-11,14H,1,7H2. The fraction of sp³-hybridized carbons (Fsp3) is 0.125. The Kier molecular flexibility index (Phi) is 2.88. The average Bonchev–Trinajstić information content (AvgIpc) is 2.74. The van der Waals surface area contributed by atoms with Crippen molar-refractivity contribution in [2.75, 3.05) is 4.90 Å². The summed E-state index contributed by atoms with van der Waals surface area (Å²) in [7, 11) is 0. The number of pyridine rings is 1. The molecule has 1 aromatic carbocycles. The lowest BCUT2D eigenvalue weighted by Gasteiger charge is -2.23. The molecule has 0 bridgehead atoms. The van der Waals surface area contributed by atoms with E-state index in [1.165, 1.54) is 0 Å². The van der Waals surface area contributed by atoms with E-state index in [2.05, 4.69) is 11.6 Å². The maximum absolute atomic E-state index is 12.5. The summed E-state index contributed by atoms with van der Waals surface area (Å²) < 4.78 is 0. The van der Waals surface area contributed by atoms with E-state index in [0.717, 1.165) is 11.4 Å². The van der Waals surface area contributed by atoms with Gasteiger partial charge in [0.2, 0.25) is 0 Å². The van der Waals surface area contributed by atoms with Crippen molar-refractivity contribution < 1.29 is 4.79 Å².